The second kappa shape index (κ2) is 8.70. The number of imidazole rings is 1. The maximum absolute atomic E-state index is 12.9. The van der Waals surface area contributed by atoms with Gasteiger partial charge in [0.2, 0.25) is 5.91 Å². The lowest BCUT2D eigenvalue weighted by molar-refractivity contribution is -0.116. The van der Waals surface area contributed by atoms with Gasteiger partial charge in [0.25, 0.3) is 5.76 Å². The van der Waals surface area contributed by atoms with E-state index in [4.69, 9.17) is 0 Å². The van der Waals surface area contributed by atoms with Crippen molar-refractivity contribution in [2.24, 2.45) is 0 Å². The number of urea groups is 1. The van der Waals surface area contributed by atoms with Crippen LogP contribution in [0.1, 0.15) is 12.8 Å². The van der Waals surface area contributed by atoms with Crippen LogP contribution in [-0.2, 0) is 11.3 Å². The van der Waals surface area contributed by atoms with Gasteiger partial charge in [-0.1, -0.05) is 12.1 Å². The normalized spacial score (nSPS) is 13.4. The zero-order valence-electron chi connectivity index (χ0n) is 15.8. The Balaban J connectivity index is 1.41. The fourth-order valence-corrected chi connectivity index (χ4v) is 3.54. The van der Waals surface area contributed by atoms with Gasteiger partial charge >= 0.3 is 6.03 Å². The standard InChI is InChI=1S/C20H19F2N5O2S/c21-18(22)30-20-26-15-3-1-2-4-16(15)27(20)11-17(28)23-12-5-7-13(8-6-12)24-19(29)25-14-9-10-14/h1-8,14,18H,9-11H2,(H,23,28)(H2,24,25,29). The quantitative estimate of drug-likeness (QED) is 0.488. The van der Waals surface area contributed by atoms with E-state index >= 15 is 0 Å². The van der Waals surface area contributed by atoms with Crippen LogP contribution < -0.4 is 16.0 Å². The number of hydrogen-bond donors (Lipinski definition) is 3. The van der Waals surface area contributed by atoms with Crippen molar-refractivity contribution in [1.82, 2.24) is 14.9 Å². The number of alkyl halides is 2. The summed E-state index contributed by atoms with van der Waals surface area (Å²) in [5.74, 6) is -3.01. The van der Waals surface area contributed by atoms with Crippen molar-refractivity contribution in [3.8, 4) is 0 Å². The molecule has 0 saturated heterocycles. The minimum Gasteiger partial charge on any atom is -0.335 e. The van der Waals surface area contributed by atoms with Gasteiger partial charge in [-0.05, 0) is 61.0 Å². The topological polar surface area (TPSA) is 88.1 Å². The SMILES string of the molecule is O=C(Cn1c(SC(F)F)nc2ccccc21)Nc1ccc(NC(=O)NC2CC2)cc1. The number of carbonyl (C=O) groups is 2. The number of amides is 3. The number of thioether (sulfide) groups is 1. The second-order valence-corrected chi connectivity index (χ2v) is 7.80. The molecule has 30 heavy (non-hydrogen) atoms. The van der Waals surface area contributed by atoms with E-state index in [-0.39, 0.29) is 29.7 Å². The van der Waals surface area contributed by atoms with Crippen LogP contribution in [0.5, 0.6) is 0 Å². The zero-order valence-corrected chi connectivity index (χ0v) is 16.6. The summed E-state index contributed by atoms with van der Waals surface area (Å²) in [5, 5.41) is 8.37. The summed E-state index contributed by atoms with van der Waals surface area (Å²) in [6, 6.07) is 13.6. The number of rotatable bonds is 7. The predicted molar refractivity (Wildman–Crippen MR) is 112 cm³/mol. The molecule has 3 amide bonds. The molecule has 3 N–H and O–H groups in total. The zero-order chi connectivity index (χ0) is 21.1. The van der Waals surface area contributed by atoms with Crippen molar-refractivity contribution < 1.29 is 18.4 Å². The highest BCUT2D eigenvalue weighted by Crippen LogP contribution is 2.28. The Morgan fingerprint density at radius 3 is 2.40 bits per heavy atom. The van der Waals surface area contributed by atoms with Crippen LogP contribution in [0.3, 0.4) is 0 Å². The highest BCUT2D eigenvalue weighted by atomic mass is 32.2. The summed E-state index contributed by atoms with van der Waals surface area (Å²) in [6.07, 6.45) is 2.00. The number of para-hydroxylation sites is 2. The molecular weight excluding hydrogens is 412 g/mol. The fraction of sp³-hybridized carbons (Fsp3) is 0.250. The van der Waals surface area contributed by atoms with Crippen LogP contribution in [0.2, 0.25) is 0 Å². The summed E-state index contributed by atoms with van der Waals surface area (Å²) in [7, 11) is 0. The summed E-state index contributed by atoms with van der Waals surface area (Å²) in [5.41, 5.74) is 2.29. The monoisotopic (exact) mass is 431 g/mol. The van der Waals surface area contributed by atoms with Gasteiger partial charge in [-0.15, -0.1) is 0 Å². The smallest absolute Gasteiger partial charge is 0.319 e. The molecule has 4 rings (SSSR count). The minimum atomic E-state index is -2.64. The van der Waals surface area contributed by atoms with E-state index in [1.54, 1.807) is 48.5 Å². The van der Waals surface area contributed by atoms with Crippen molar-refractivity contribution in [3.63, 3.8) is 0 Å². The van der Waals surface area contributed by atoms with Gasteiger partial charge in [0.05, 0.1) is 11.0 Å². The molecule has 10 heteroatoms. The van der Waals surface area contributed by atoms with Crippen LogP contribution in [0.15, 0.2) is 53.7 Å². The molecule has 2 aromatic carbocycles. The minimum absolute atomic E-state index is 0.0857. The molecule has 0 radical (unpaired) electrons. The molecular formula is C20H19F2N5O2S. The Labute approximate surface area is 175 Å². The van der Waals surface area contributed by atoms with E-state index in [0.717, 1.165) is 12.8 Å². The molecule has 1 aliphatic carbocycles. The molecule has 156 valence electrons. The number of aromatic nitrogens is 2. The molecule has 0 spiro atoms. The van der Waals surface area contributed by atoms with Gasteiger partial charge in [0, 0.05) is 17.4 Å². The molecule has 1 heterocycles. The number of nitrogens with zero attached hydrogens (tertiary/aromatic N) is 2. The van der Waals surface area contributed by atoms with Gasteiger partial charge in [-0.25, -0.2) is 9.78 Å². The molecule has 1 aromatic heterocycles. The van der Waals surface area contributed by atoms with Crippen molar-refractivity contribution in [1.29, 1.82) is 0 Å². The number of halogens is 2. The number of benzene rings is 2. The third-order valence-corrected chi connectivity index (χ3v) is 5.16. The number of nitrogens with one attached hydrogen (secondary N) is 3. The molecule has 0 aliphatic heterocycles. The number of fused-ring (bicyclic) bond motifs is 1. The average Bonchev–Trinajstić information content (AvgIpc) is 3.45. The van der Waals surface area contributed by atoms with Gasteiger partial charge in [0.15, 0.2) is 5.16 Å². The van der Waals surface area contributed by atoms with Crippen molar-refractivity contribution in [3.05, 3.63) is 48.5 Å². The first-order chi connectivity index (χ1) is 14.5. The van der Waals surface area contributed by atoms with Gasteiger partial charge in [-0.2, -0.15) is 8.78 Å². The molecule has 0 unspecified atom stereocenters. The maximum Gasteiger partial charge on any atom is 0.319 e. The van der Waals surface area contributed by atoms with Gasteiger partial charge < -0.3 is 20.5 Å². The fourth-order valence-electron chi connectivity index (χ4n) is 2.94. The van der Waals surface area contributed by atoms with Gasteiger partial charge in [0.1, 0.15) is 6.54 Å². The van der Waals surface area contributed by atoms with Crippen molar-refractivity contribution in [2.75, 3.05) is 10.6 Å². The van der Waals surface area contributed by atoms with E-state index in [1.165, 1.54) is 4.57 Å². The third kappa shape index (κ3) is 5.07. The lowest BCUT2D eigenvalue weighted by atomic mass is 10.2. The molecule has 7 nitrogen and oxygen atoms in total. The Hall–Kier alpha value is -3.14. The third-order valence-electron chi connectivity index (χ3n) is 4.45. The largest absolute Gasteiger partial charge is 0.335 e. The molecule has 3 aromatic rings. The summed E-state index contributed by atoms with van der Waals surface area (Å²) in [6.45, 7) is -0.153. The number of hydrogen-bond acceptors (Lipinski definition) is 4. The van der Waals surface area contributed by atoms with E-state index in [9.17, 15) is 18.4 Å². The molecule has 0 bridgehead atoms. The average molecular weight is 431 g/mol. The van der Waals surface area contributed by atoms with Crippen molar-refractivity contribution in [2.45, 2.75) is 36.3 Å². The lowest BCUT2D eigenvalue weighted by Crippen LogP contribution is -2.30. The predicted octanol–water partition coefficient (Wildman–Crippen LogP) is 4.27. The Morgan fingerprint density at radius 2 is 1.73 bits per heavy atom. The molecule has 1 fully saturated rings. The van der Waals surface area contributed by atoms with Crippen LogP contribution in [0, 0.1) is 0 Å². The Bertz CT molecular complexity index is 1070. The van der Waals surface area contributed by atoms with Crippen molar-refractivity contribution >= 4 is 46.1 Å². The van der Waals surface area contributed by atoms with E-state index in [0.29, 0.717) is 34.2 Å². The first kappa shape index (κ1) is 20.1. The van der Waals surface area contributed by atoms with Crippen LogP contribution in [0.4, 0.5) is 25.0 Å². The summed E-state index contributed by atoms with van der Waals surface area (Å²) in [4.78, 5) is 28.5. The summed E-state index contributed by atoms with van der Waals surface area (Å²) >= 11 is 0.308. The highest BCUT2D eigenvalue weighted by molar-refractivity contribution is 7.99. The van der Waals surface area contributed by atoms with Crippen LogP contribution >= 0.6 is 11.8 Å². The van der Waals surface area contributed by atoms with Crippen LogP contribution in [-0.4, -0.2) is 33.3 Å². The molecule has 0 atom stereocenters. The van der Waals surface area contributed by atoms with Gasteiger partial charge in [-0.3, -0.25) is 4.79 Å². The maximum atomic E-state index is 12.9. The molecule has 1 saturated carbocycles. The Morgan fingerprint density at radius 1 is 1.07 bits per heavy atom. The highest BCUT2D eigenvalue weighted by Gasteiger charge is 2.23. The number of carbonyl (C=O) groups excluding carboxylic acids is 2. The first-order valence-corrected chi connectivity index (χ1v) is 10.2. The van der Waals surface area contributed by atoms with E-state index < -0.39 is 5.76 Å². The Kier molecular flexibility index (Phi) is 5.84. The lowest BCUT2D eigenvalue weighted by Gasteiger charge is -2.11. The second-order valence-electron chi connectivity index (χ2n) is 6.85. The summed E-state index contributed by atoms with van der Waals surface area (Å²) < 4.78 is 27.3. The van der Waals surface area contributed by atoms with E-state index in [1.807, 2.05) is 0 Å². The number of anilines is 2. The first-order valence-electron chi connectivity index (χ1n) is 9.35. The van der Waals surface area contributed by atoms with Crippen LogP contribution in [0.25, 0.3) is 11.0 Å². The molecule has 1 aliphatic rings. The van der Waals surface area contributed by atoms with E-state index in [2.05, 4.69) is 20.9 Å².